The van der Waals surface area contributed by atoms with Crippen molar-refractivity contribution < 1.29 is 4.79 Å². The van der Waals surface area contributed by atoms with Crippen LogP contribution in [0.3, 0.4) is 0 Å². The zero-order valence-corrected chi connectivity index (χ0v) is 17.1. The van der Waals surface area contributed by atoms with Crippen molar-refractivity contribution in [2.45, 2.75) is 20.3 Å². The number of carbonyl (C=O) groups is 1. The van der Waals surface area contributed by atoms with Gasteiger partial charge in [0.15, 0.2) is 5.82 Å². The van der Waals surface area contributed by atoms with E-state index in [1.807, 2.05) is 44.2 Å². The molecule has 0 aliphatic heterocycles. The number of amides is 1. The standard InChI is InChI=1S/C19H16BrN5OS/c1-3-16-22-23-19-25(16)24-18(27-19)13-5-4-11(2)15(10-13)21-17(26)12-6-8-14(20)9-7-12/h4-10H,3H2,1-2H3,(H,21,26). The zero-order chi connectivity index (χ0) is 19.0. The van der Waals surface area contributed by atoms with E-state index in [2.05, 4.69) is 36.5 Å². The molecule has 0 atom stereocenters. The zero-order valence-electron chi connectivity index (χ0n) is 14.7. The van der Waals surface area contributed by atoms with Gasteiger partial charge < -0.3 is 5.32 Å². The summed E-state index contributed by atoms with van der Waals surface area (Å²) < 4.78 is 2.71. The molecule has 6 nitrogen and oxygen atoms in total. The van der Waals surface area contributed by atoms with Gasteiger partial charge in [-0.1, -0.05) is 46.3 Å². The molecule has 2 aromatic heterocycles. The SMILES string of the molecule is CCc1nnc2sc(-c3ccc(C)c(NC(=O)c4ccc(Br)cc4)c3)nn12. The van der Waals surface area contributed by atoms with Gasteiger partial charge in [0.2, 0.25) is 4.96 Å². The minimum atomic E-state index is -0.144. The number of hydrogen-bond acceptors (Lipinski definition) is 5. The first-order valence-corrected chi connectivity index (χ1v) is 10.0. The highest BCUT2D eigenvalue weighted by atomic mass is 79.9. The molecule has 4 aromatic rings. The van der Waals surface area contributed by atoms with E-state index in [-0.39, 0.29) is 5.91 Å². The summed E-state index contributed by atoms with van der Waals surface area (Å²) in [6.45, 7) is 3.99. The fourth-order valence-electron chi connectivity index (χ4n) is 2.68. The van der Waals surface area contributed by atoms with Crippen LogP contribution in [0.5, 0.6) is 0 Å². The van der Waals surface area contributed by atoms with Crippen LogP contribution in [-0.4, -0.2) is 25.7 Å². The number of nitrogens with zero attached hydrogens (tertiary/aromatic N) is 4. The van der Waals surface area contributed by atoms with Crippen LogP contribution >= 0.6 is 27.3 Å². The number of fused-ring (bicyclic) bond motifs is 1. The van der Waals surface area contributed by atoms with Gasteiger partial charge in [0.1, 0.15) is 5.01 Å². The van der Waals surface area contributed by atoms with Crippen molar-refractivity contribution in [2.75, 3.05) is 5.32 Å². The Hall–Kier alpha value is -2.58. The Morgan fingerprint density at radius 1 is 1.19 bits per heavy atom. The van der Waals surface area contributed by atoms with Crippen LogP contribution in [0.4, 0.5) is 5.69 Å². The molecule has 2 heterocycles. The summed E-state index contributed by atoms with van der Waals surface area (Å²) >= 11 is 4.86. The summed E-state index contributed by atoms with van der Waals surface area (Å²) in [5, 5.41) is 16.7. The quantitative estimate of drug-likeness (QED) is 0.496. The molecule has 27 heavy (non-hydrogen) atoms. The van der Waals surface area contributed by atoms with Crippen molar-refractivity contribution in [2.24, 2.45) is 0 Å². The lowest BCUT2D eigenvalue weighted by Crippen LogP contribution is -2.12. The lowest BCUT2D eigenvalue weighted by molar-refractivity contribution is 0.102. The molecule has 0 saturated heterocycles. The Morgan fingerprint density at radius 2 is 1.96 bits per heavy atom. The summed E-state index contributed by atoms with van der Waals surface area (Å²) in [4.78, 5) is 13.3. The number of aryl methyl sites for hydroxylation is 2. The molecule has 0 spiro atoms. The maximum absolute atomic E-state index is 12.5. The Morgan fingerprint density at radius 3 is 2.70 bits per heavy atom. The molecule has 4 rings (SSSR count). The number of carbonyl (C=O) groups excluding carboxylic acids is 1. The van der Waals surface area contributed by atoms with Crippen LogP contribution in [-0.2, 0) is 6.42 Å². The van der Waals surface area contributed by atoms with Crippen LogP contribution in [0.15, 0.2) is 46.9 Å². The first-order valence-electron chi connectivity index (χ1n) is 8.44. The van der Waals surface area contributed by atoms with Crippen LogP contribution < -0.4 is 5.32 Å². The molecule has 8 heteroatoms. The van der Waals surface area contributed by atoms with Crippen molar-refractivity contribution in [3.05, 3.63) is 63.9 Å². The van der Waals surface area contributed by atoms with Crippen molar-refractivity contribution in [3.63, 3.8) is 0 Å². The Balaban J connectivity index is 1.65. The number of nitrogens with one attached hydrogen (secondary N) is 1. The average molecular weight is 442 g/mol. The van der Waals surface area contributed by atoms with Gasteiger partial charge in [-0.05, 0) is 42.8 Å². The number of rotatable bonds is 4. The maximum Gasteiger partial charge on any atom is 0.255 e. The second kappa shape index (κ2) is 7.21. The Kier molecular flexibility index (Phi) is 4.75. The fourth-order valence-corrected chi connectivity index (χ4v) is 3.80. The lowest BCUT2D eigenvalue weighted by atomic mass is 10.1. The molecule has 0 radical (unpaired) electrons. The van der Waals surface area contributed by atoms with E-state index in [4.69, 9.17) is 0 Å². The maximum atomic E-state index is 12.5. The second-order valence-corrected chi connectivity index (χ2v) is 7.93. The third-order valence-electron chi connectivity index (χ3n) is 4.21. The molecular weight excluding hydrogens is 426 g/mol. The molecule has 0 bridgehead atoms. The molecule has 0 fully saturated rings. The summed E-state index contributed by atoms with van der Waals surface area (Å²) in [5.41, 5.74) is 3.29. The molecule has 0 unspecified atom stereocenters. The first-order chi connectivity index (χ1) is 13.0. The van der Waals surface area contributed by atoms with Gasteiger partial charge in [-0.2, -0.15) is 9.61 Å². The molecule has 0 aliphatic rings. The summed E-state index contributed by atoms with van der Waals surface area (Å²) in [5.74, 6) is 0.692. The predicted octanol–water partition coefficient (Wildman–Crippen LogP) is 4.74. The Labute approximate surface area is 168 Å². The van der Waals surface area contributed by atoms with Gasteiger partial charge in [-0.3, -0.25) is 4.79 Å². The first kappa shape index (κ1) is 17.8. The third-order valence-corrected chi connectivity index (χ3v) is 5.69. The van der Waals surface area contributed by atoms with Crippen LogP contribution in [0.2, 0.25) is 0 Å². The van der Waals surface area contributed by atoms with Crippen molar-refractivity contribution >= 4 is 43.8 Å². The van der Waals surface area contributed by atoms with E-state index in [0.29, 0.717) is 5.56 Å². The largest absolute Gasteiger partial charge is 0.322 e. The van der Waals surface area contributed by atoms with Crippen LogP contribution in [0, 0.1) is 6.92 Å². The van der Waals surface area contributed by atoms with E-state index in [9.17, 15) is 4.79 Å². The number of halogens is 1. The smallest absolute Gasteiger partial charge is 0.255 e. The molecule has 136 valence electrons. The van der Waals surface area contributed by atoms with Gasteiger partial charge in [-0.25, -0.2) is 0 Å². The van der Waals surface area contributed by atoms with Crippen LogP contribution in [0.25, 0.3) is 15.5 Å². The van der Waals surface area contributed by atoms with E-state index in [0.717, 1.165) is 43.5 Å². The molecule has 0 saturated carbocycles. The number of anilines is 1. The molecule has 1 amide bonds. The number of aromatic nitrogens is 4. The Bertz CT molecular complexity index is 1130. The van der Waals surface area contributed by atoms with Gasteiger partial charge in [0, 0.05) is 27.7 Å². The van der Waals surface area contributed by atoms with E-state index >= 15 is 0 Å². The minimum absolute atomic E-state index is 0.144. The number of benzene rings is 2. The highest BCUT2D eigenvalue weighted by Crippen LogP contribution is 2.29. The van der Waals surface area contributed by atoms with E-state index in [1.165, 1.54) is 11.3 Å². The third kappa shape index (κ3) is 3.50. The topological polar surface area (TPSA) is 72.2 Å². The fraction of sp³-hybridized carbons (Fsp3) is 0.158. The summed E-state index contributed by atoms with van der Waals surface area (Å²) in [6.07, 6.45) is 0.771. The van der Waals surface area contributed by atoms with Crippen LogP contribution in [0.1, 0.15) is 28.7 Å². The van der Waals surface area contributed by atoms with Gasteiger partial charge in [0.05, 0.1) is 0 Å². The molecule has 1 N–H and O–H groups in total. The average Bonchev–Trinajstić information content (AvgIpc) is 3.24. The van der Waals surface area contributed by atoms with Crippen molar-refractivity contribution in [1.29, 1.82) is 0 Å². The molecular formula is C19H16BrN5OS. The van der Waals surface area contributed by atoms with Gasteiger partial charge >= 0.3 is 0 Å². The van der Waals surface area contributed by atoms with Gasteiger partial charge in [0.25, 0.3) is 5.91 Å². The number of hydrogen-bond donors (Lipinski definition) is 1. The van der Waals surface area contributed by atoms with E-state index in [1.54, 1.807) is 16.6 Å². The molecule has 0 aliphatic carbocycles. The highest BCUT2D eigenvalue weighted by molar-refractivity contribution is 9.10. The lowest BCUT2D eigenvalue weighted by Gasteiger charge is -2.10. The van der Waals surface area contributed by atoms with Crippen molar-refractivity contribution in [3.8, 4) is 10.6 Å². The van der Waals surface area contributed by atoms with E-state index < -0.39 is 0 Å². The summed E-state index contributed by atoms with van der Waals surface area (Å²) in [6, 6.07) is 13.2. The second-order valence-electron chi connectivity index (χ2n) is 6.06. The predicted molar refractivity (Wildman–Crippen MR) is 110 cm³/mol. The van der Waals surface area contributed by atoms with Crippen molar-refractivity contribution in [1.82, 2.24) is 19.8 Å². The molecule has 2 aromatic carbocycles. The summed E-state index contributed by atoms with van der Waals surface area (Å²) in [7, 11) is 0. The van der Waals surface area contributed by atoms with Gasteiger partial charge in [-0.15, -0.1) is 10.2 Å². The highest BCUT2D eigenvalue weighted by Gasteiger charge is 2.14. The minimum Gasteiger partial charge on any atom is -0.322 e. The monoisotopic (exact) mass is 441 g/mol. The normalized spacial score (nSPS) is 11.1.